The number of rotatable bonds is 5. The molecule has 2 rings (SSSR count). The summed E-state index contributed by atoms with van der Waals surface area (Å²) in [6, 6.07) is 18.5. The molecule has 0 bridgehead atoms. The lowest BCUT2D eigenvalue weighted by molar-refractivity contribution is 0.0979. The molecule has 0 saturated heterocycles. The number of nitrogens with zero attached hydrogens (tertiary/aromatic N) is 1. The summed E-state index contributed by atoms with van der Waals surface area (Å²) >= 11 is 0. The first-order valence-electron chi connectivity index (χ1n) is 6.36. The van der Waals surface area contributed by atoms with Crippen molar-refractivity contribution in [3.8, 4) is 11.8 Å². The lowest BCUT2D eigenvalue weighted by Gasteiger charge is -2.09. The molecule has 0 aromatic heterocycles. The number of carbonyl (C=O) groups excluding carboxylic acids is 1. The van der Waals surface area contributed by atoms with Crippen molar-refractivity contribution in [1.82, 2.24) is 0 Å². The summed E-state index contributed by atoms with van der Waals surface area (Å²) in [7, 11) is 1.59. The third-order valence-electron chi connectivity index (χ3n) is 3.16. The van der Waals surface area contributed by atoms with Crippen LogP contribution in [0.1, 0.15) is 28.3 Å². The van der Waals surface area contributed by atoms with Crippen LogP contribution in [0.15, 0.2) is 54.6 Å². The standard InChI is InChI=1S/C17H15NO2/c1-20-16-9-7-13(8-10-16)15(12-18)11-17(19)14-5-3-2-4-6-14/h2-10,15H,11H2,1H3. The van der Waals surface area contributed by atoms with E-state index in [0.29, 0.717) is 5.56 Å². The lowest BCUT2D eigenvalue weighted by Crippen LogP contribution is -2.06. The molecule has 0 aliphatic heterocycles. The number of methoxy groups -OCH3 is 1. The van der Waals surface area contributed by atoms with E-state index in [4.69, 9.17) is 4.74 Å². The van der Waals surface area contributed by atoms with Crippen molar-refractivity contribution in [2.75, 3.05) is 7.11 Å². The van der Waals surface area contributed by atoms with Gasteiger partial charge in [0.15, 0.2) is 5.78 Å². The maximum absolute atomic E-state index is 12.1. The average molecular weight is 265 g/mol. The highest BCUT2D eigenvalue weighted by Gasteiger charge is 2.16. The number of ketones is 1. The van der Waals surface area contributed by atoms with Gasteiger partial charge in [-0.1, -0.05) is 42.5 Å². The SMILES string of the molecule is COc1ccc(C(C#N)CC(=O)c2ccccc2)cc1. The van der Waals surface area contributed by atoms with Gasteiger partial charge >= 0.3 is 0 Å². The zero-order valence-electron chi connectivity index (χ0n) is 11.2. The second kappa shape index (κ2) is 6.53. The third kappa shape index (κ3) is 3.24. The maximum Gasteiger partial charge on any atom is 0.164 e. The number of hydrogen-bond donors (Lipinski definition) is 0. The number of hydrogen-bond acceptors (Lipinski definition) is 3. The minimum Gasteiger partial charge on any atom is -0.497 e. The zero-order chi connectivity index (χ0) is 14.4. The van der Waals surface area contributed by atoms with E-state index < -0.39 is 5.92 Å². The van der Waals surface area contributed by atoms with Crippen LogP contribution in [-0.4, -0.2) is 12.9 Å². The van der Waals surface area contributed by atoms with E-state index in [9.17, 15) is 10.1 Å². The molecule has 1 unspecified atom stereocenters. The summed E-state index contributed by atoms with van der Waals surface area (Å²) in [4.78, 5) is 12.1. The minimum absolute atomic E-state index is 0.0204. The van der Waals surface area contributed by atoms with Gasteiger partial charge in [0.05, 0.1) is 19.1 Å². The van der Waals surface area contributed by atoms with Crippen LogP contribution in [0, 0.1) is 11.3 Å². The fourth-order valence-corrected chi connectivity index (χ4v) is 2.00. The van der Waals surface area contributed by atoms with Crippen molar-refractivity contribution in [1.29, 1.82) is 5.26 Å². The van der Waals surface area contributed by atoms with Gasteiger partial charge in [0.25, 0.3) is 0 Å². The van der Waals surface area contributed by atoms with Gasteiger partial charge in [0.1, 0.15) is 5.75 Å². The maximum atomic E-state index is 12.1. The van der Waals surface area contributed by atoms with Gasteiger partial charge in [-0.3, -0.25) is 4.79 Å². The van der Waals surface area contributed by atoms with E-state index >= 15 is 0 Å². The second-order valence-corrected chi connectivity index (χ2v) is 4.45. The number of nitriles is 1. The van der Waals surface area contributed by atoms with Crippen molar-refractivity contribution in [3.63, 3.8) is 0 Å². The predicted molar refractivity (Wildman–Crippen MR) is 76.7 cm³/mol. The van der Waals surface area contributed by atoms with E-state index in [-0.39, 0.29) is 12.2 Å². The monoisotopic (exact) mass is 265 g/mol. The van der Waals surface area contributed by atoms with Crippen LogP contribution in [0.25, 0.3) is 0 Å². The summed E-state index contributed by atoms with van der Waals surface area (Å²) in [6.45, 7) is 0. The van der Waals surface area contributed by atoms with Crippen molar-refractivity contribution in [2.24, 2.45) is 0 Å². The summed E-state index contributed by atoms with van der Waals surface area (Å²) < 4.78 is 5.08. The molecule has 2 aromatic carbocycles. The van der Waals surface area contributed by atoms with Gasteiger partial charge in [-0.2, -0.15) is 5.26 Å². The van der Waals surface area contributed by atoms with Gasteiger partial charge in [-0.05, 0) is 17.7 Å². The molecule has 20 heavy (non-hydrogen) atoms. The molecule has 2 aromatic rings. The van der Waals surface area contributed by atoms with Gasteiger partial charge in [-0.15, -0.1) is 0 Å². The van der Waals surface area contributed by atoms with Crippen molar-refractivity contribution in [3.05, 3.63) is 65.7 Å². The van der Waals surface area contributed by atoms with Crippen LogP contribution in [0.3, 0.4) is 0 Å². The Morgan fingerprint density at radius 1 is 1.15 bits per heavy atom. The third-order valence-corrected chi connectivity index (χ3v) is 3.16. The Bertz CT molecular complexity index is 612. The molecule has 0 amide bonds. The Morgan fingerprint density at radius 3 is 2.35 bits per heavy atom. The highest BCUT2D eigenvalue weighted by atomic mass is 16.5. The fraction of sp³-hybridized carbons (Fsp3) is 0.176. The highest BCUT2D eigenvalue weighted by molar-refractivity contribution is 5.96. The van der Waals surface area contributed by atoms with E-state index in [1.807, 2.05) is 30.3 Å². The first kappa shape index (κ1) is 13.8. The van der Waals surface area contributed by atoms with E-state index in [1.54, 1.807) is 31.4 Å². The molecule has 0 fully saturated rings. The van der Waals surface area contributed by atoms with Crippen LogP contribution >= 0.6 is 0 Å². The van der Waals surface area contributed by atoms with Gasteiger partial charge < -0.3 is 4.74 Å². The summed E-state index contributed by atoms with van der Waals surface area (Å²) in [5.74, 6) is 0.279. The molecule has 0 aliphatic rings. The molecule has 0 heterocycles. The van der Waals surface area contributed by atoms with Gasteiger partial charge in [0, 0.05) is 12.0 Å². The van der Waals surface area contributed by atoms with Crippen molar-refractivity contribution < 1.29 is 9.53 Å². The van der Waals surface area contributed by atoms with Crippen LogP contribution in [0.2, 0.25) is 0 Å². The lowest BCUT2D eigenvalue weighted by atomic mass is 9.93. The molecule has 0 spiro atoms. The molecular weight excluding hydrogens is 250 g/mol. The normalized spacial score (nSPS) is 11.4. The molecule has 1 atom stereocenters. The number of benzene rings is 2. The average Bonchev–Trinajstić information content (AvgIpc) is 2.53. The second-order valence-electron chi connectivity index (χ2n) is 4.45. The summed E-state index contributed by atoms with van der Waals surface area (Å²) in [6.07, 6.45) is 0.187. The smallest absolute Gasteiger partial charge is 0.164 e. The quantitative estimate of drug-likeness (QED) is 0.776. The van der Waals surface area contributed by atoms with Crippen LogP contribution in [-0.2, 0) is 0 Å². The number of carbonyl (C=O) groups is 1. The predicted octanol–water partition coefficient (Wildman–Crippen LogP) is 3.58. The molecule has 3 nitrogen and oxygen atoms in total. The Kier molecular flexibility index (Phi) is 4.52. The molecule has 3 heteroatoms. The van der Waals surface area contributed by atoms with Gasteiger partial charge in [-0.25, -0.2) is 0 Å². The first-order valence-corrected chi connectivity index (χ1v) is 6.36. The molecule has 0 saturated carbocycles. The largest absolute Gasteiger partial charge is 0.497 e. The number of Topliss-reactive ketones (excluding diaryl/α,β-unsaturated/α-hetero) is 1. The fourth-order valence-electron chi connectivity index (χ4n) is 2.00. The number of ether oxygens (including phenoxy) is 1. The highest BCUT2D eigenvalue weighted by Crippen LogP contribution is 2.23. The Labute approximate surface area is 118 Å². The Hall–Kier alpha value is -2.60. The van der Waals surface area contributed by atoms with Crippen LogP contribution < -0.4 is 4.74 Å². The molecular formula is C17H15NO2. The summed E-state index contributed by atoms with van der Waals surface area (Å²) in [5, 5.41) is 9.27. The van der Waals surface area contributed by atoms with E-state index in [1.165, 1.54) is 0 Å². The minimum atomic E-state index is -0.436. The molecule has 100 valence electrons. The zero-order valence-corrected chi connectivity index (χ0v) is 11.2. The molecule has 0 N–H and O–H groups in total. The molecule has 0 aliphatic carbocycles. The Balaban J connectivity index is 2.13. The van der Waals surface area contributed by atoms with Crippen LogP contribution in [0.5, 0.6) is 5.75 Å². The van der Waals surface area contributed by atoms with Crippen molar-refractivity contribution in [2.45, 2.75) is 12.3 Å². The van der Waals surface area contributed by atoms with Gasteiger partial charge in [0.2, 0.25) is 0 Å². The summed E-state index contributed by atoms with van der Waals surface area (Å²) in [5.41, 5.74) is 1.47. The molecule has 0 radical (unpaired) electrons. The topological polar surface area (TPSA) is 50.1 Å². The first-order chi connectivity index (χ1) is 9.74. The van der Waals surface area contributed by atoms with Crippen LogP contribution in [0.4, 0.5) is 0 Å². The Morgan fingerprint density at radius 2 is 1.80 bits per heavy atom. The van der Waals surface area contributed by atoms with E-state index in [2.05, 4.69) is 6.07 Å². The van der Waals surface area contributed by atoms with Crippen molar-refractivity contribution >= 4 is 5.78 Å². The van der Waals surface area contributed by atoms with E-state index in [0.717, 1.165) is 11.3 Å².